The average Bonchev–Trinajstić information content (AvgIpc) is 2.10. The SMILES string of the molecule is CCNC(=O)c1ccc(F)c(F)c1. The Morgan fingerprint density at radius 1 is 1.38 bits per heavy atom. The van der Waals surface area contributed by atoms with Crippen LogP contribution in [-0.4, -0.2) is 12.5 Å². The monoisotopic (exact) mass is 185 g/mol. The van der Waals surface area contributed by atoms with E-state index < -0.39 is 17.5 Å². The van der Waals surface area contributed by atoms with Crippen LogP contribution in [0.3, 0.4) is 0 Å². The van der Waals surface area contributed by atoms with Crippen molar-refractivity contribution in [2.24, 2.45) is 0 Å². The van der Waals surface area contributed by atoms with Crippen LogP contribution >= 0.6 is 0 Å². The van der Waals surface area contributed by atoms with E-state index in [1.807, 2.05) is 0 Å². The molecule has 0 unspecified atom stereocenters. The maximum atomic E-state index is 12.6. The molecule has 0 fully saturated rings. The van der Waals surface area contributed by atoms with Crippen molar-refractivity contribution in [2.75, 3.05) is 6.54 Å². The molecule has 0 heterocycles. The van der Waals surface area contributed by atoms with E-state index in [-0.39, 0.29) is 5.56 Å². The van der Waals surface area contributed by atoms with Gasteiger partial charge in [0.05, 0.1) is 0 Å². The number of nitrogens with one attached hydrogen (secondary N) is 1. The molecule has 0 saturated carbocycles. The van der Waals surface area contributed by atoms with Crippen LogP contribution in [0.5, 0.6) is 0 Å². The van der Waals surface area contributed by atoms with Gasteiger partial charge in [-0.1, -0.05) is 0 Å². The fourth-order valence-corrected chi connectivity index (χ4v) is 0.900. The second-order valence-corrected chi connectivity index (χ2v) is 2.49. The number of halogens is 2. The summed E-state index contributed by atoms with van der Waals surface area (Å²) in [5.74, 6) is -2.36. The quantitative estimate of drug-likeness (QED) is 0.746. The summed E-state index contributed by atoms with van der Waals surface area (Å²) in [6, 6.07) is 3.05. The highest BCUT2D eigenvalue weighted by atomic mass is 19.2. The minimum atomic E-state index is -1.01. The minimum Gasteiger partial charge on any atom is -0.352 e. The van der Waals surface area contributed by atoms with Gasteiger partial charge in [-0.3, -0.25) is 4.79 Å². The van der Waals surface area contributed by atoms with Crippen molar-refractivity contribution in [1.29, 1.82) is 0 Å². The molecule has 1 aromatic rings. The summed E-state index contributed by atoms with van der Waals surface area (Å²) in [5, 5.41) is 2.48. The van der Waals surface area contributed by atoms with Gasteiger partial charge in [0.1, 0.15) is 0 Å². The second-order valence-electron chi connectivity index (χ2n) is 2.49. The predicted octanol–water partition coefficient (Wildman–Crippen LogP) is 1.71. The Labute approximate surface area is 74.6 Å². The summed E-state index contributed by atoms with van der Waals surface area (Å²) >= 11 is 0. The van der Waals surface area contributed by atoms with E-state index in [1.165, 1.54) is 6.07 Å². The van der Waals surface area contributed by atoms with Crippen LogP contribution in [0.2, 0.25) is 0 Å². The Balaban J connectivity index is 2.90. The standard InChI is InChI=1S/C9H9F2NO/c1-2-12-9(13)6-3-4-7(10)8(11)5-6/h3-5H,2H2,1H3,(H,12,13). The molecule has 70 valence electrons. The van der Waals surface area contributed by atoms with Gasteiger partial charge in [0.25, 0.3) is 5.91 Å². The predicted molar refractivity (Wildman–Crippen MR) is 44.4 cm³/mol. The van der Waals surface area contributed by atoms with Crippen LogP contribution in [-0.2, 0) is 0 Å². The molecule has 0 saturated heterocycles. The summed E-state index contributed by atoms with van der Waals surface area (Å²) in [6.45, 7) is 2.20. The Morgan fingerprint density at radius 2 is 2.08 bits per heavy atom. The summed E-state index contributed by atoms with van der Waals surface area (Å²) in [6.07, 6.45) is 0. The zero-order valence-electron chi connectivity index (χ0n) is 7.10. The van der Waals surface area contributed by atoms with E-state index in [9.17, 15) is 13.6 Å². The highest BCUT2D eigenvalue weighted by Gasteiger charge is 2.07. The molecule has 4 heteroatoms. The number of hydrogen-bond donors (Lipinski definition) is 1. The number of hydrogen-bond acceptors (Lipinski definition) is 1. The first kappa shape index (κ1) is 9.64. The maximum absolute atomic E-state index is 12.6. The lowest BCUT2D eigenvalue weighted by Crippen LogP contribution is -2.22. The Kier molecular flexibility index (Phi) is 2.95. The van der Waals surface area contributed by atoms with Gasteiger partial charge in [-0.05, 0) is 25.1 Å². The molecule has 0 aromatic heterocycles. The largest absolute Gasteiger partial charge is 0.352 e. The third kappa shape index (κ3) is 2.24. The van der Waals surface area contributed by atoms with Crippen LogP contribution in [0.4, 0.5) is 8.78 Å². The molecule has 0 atom stereocenters. The molecule has 0 spiro atoms. The first-order valence-corrected chi connectivity index (χ1v) is 3.88. The van der Waals surface area contributed by atoms with Crippen LogP contribution in [0.1, 0.15) is 17.3 Å². The van der Waals surface area contributed by atoms with Gasteiger partial charge >= 0.3 is 0 Å². The molecule has 1 amide bonds. The van der Waals surface area contributed by atoms with Crippen LogP contribution < -0.4 is 5.32 Å². The second kappa shape index (κ2) is 3.98. The van der Waals surface area contributed by atoms with Crippen molar-refractivity contribution in [2.45, 2.75) is 6.92 Å². The molecule has 0 aliphatic rings. The van der Waals surface area contributed by atoms with E-state index in [2.05, 4.69) is 5.32 Å². The third-order valence-corrected chi connectivity index (χ3v) is 1.52. The van der Waals surface area contributed by atoms with Crippen molar-refractivity contribution in [3.63, 3.8) is 0 Å². The van der Waals surface area contributed by atoms with Gasteiger partial charge in [0.15, 0.2) is 11.6 Å². The molecule has 0 bridgehead atoms. The number of rotatable bonds is 2. The maximum Gasteiger partial charge on any atom is 0.251 e. The zero-order chi connectivity index (χ0) is 9.84. The van der Waals surface area contributed by atoms with E-state index >= 15 is 0 Å². The number of benzene rings is 1. The smallest absolute Gasteiger partial charge is 0.251 e. The Bertz CT molecular complexity index is 325. The number of amides is 1. The molecular weight excluding hydrogens is 176 g/mol. The summed E-state index contributed by atoms with van der Waals surface area (Å²) < 4.78 is 25.1. The minimum absolute atomic E-state index is 0.126. The third-order valence-electron chi connectivity index (χ3n) is 1.52. The molecule has 0 radical (unpaired) electrons. The molecule has 1 N–H and O–H groups in total. The molecule has 13 heavy (non-hydrogen) atoms. The van der Waals surface area contributed by atoms with Gasteiger partial charge in [0, 0.05) is 12.1 Å². The van der Waals surface area contributed by atoms with Gasteiger partial charge in [0.2, 0.25) is 0 Å². The average molecular weight is 185 g/mol. The lowest BCUT2D eigenvalue weighted by molar-refractivity contribution is 0.0955. The molecular formula is C9H9F2NO. The summed E-state index contributed by atoms with van der Waals surface area (Å²) in [7, 11) is 0. The van der Waals surface area contributed by atoms with E-state index in [4.69, 9.17) is 0 Å². The van der Waals surface area contributed by atoms with Gasteiger partial charge in [-0.2, -0.15) is 0 Å². The zero-order valence-corrected chi connectivity index (χ0v) is 7.10. The van der Waals surface area contributed by atoms with E-state index in [0.717, 1.165) is 12.1 Å². The summed E-state index contributed by atoms with van der Waals surface area (Å²) in [5.41, 5.74) is 0.126. The number of carbonyl (C=O) groups is 1. The van der Waals surface area contributed by atoms with Crippen molar-refractivity contribution in [1.82, 2.24) is 5.32 Å². The first-order valence-electron chi connectivity index (χ1n) is 3.88. The normalized spacial score (nSPS) is 9.77. The lowest BCUT2D eigenvalue weighted by atomic mass is 10.2. The molecule has 2 nitrogen and oxygen atoms in total. The molecule has 1 aromatic carbocycles. The van der Waals surface area contributed by atoms with Crippen LogP contribution in [0.15, 0.2) is 18.2 Å². The fourth-order valence-electron chi connectivity index (χ4n) is 0.900. The van der Waals surface area contributed by atoms with Crippen molar-refractivity contribution in [3.05, 3.63) is 35.4 Å². The van der Waals surface area contributed by atoms with Crippen LogP contribution in [0.25, 0.3) is 0 Å². The Hall–Kier alpha value is -1.45. The first-order chi connectivity index (χ1) is 6.15. The summed E-state index contributed by atoms with van der Waals surface area (Å²) in [4.78, 5) is 11.1. The Morgan fingerprint density at radius 3 is 2.62 bits per heavy atom. The highest BCUT2D eigenvalue weighted by molar-refractivity contribution is 5.94. The molecule has 1 rings (SSSR count). The topological polar surface area (TPSA) is 29.1 Å². The van der Waals surface area contributed by atoms with Crippen molar-refractivity contribution >= 4 is 5.91 Å². The van der Waals surface area contributed by atoms with Crippen LogP contribution in [0, 0.1) is 11.6 Å². The fraction of sp³-hybridized carbons (Fsp3) is 0.222. The number of carbonyl (C=O) groups excluding carboxylic acids is 1. The highest BCUT2D eigenvalue weighted by Crippen LogP contribution is 2.08. The van der Waals surface area contributed by atoms with Crippen molar-refractivity contribution < 1.29 is 13.6 Å². The van der Waals surface area contributed by atoms with E-state index in [1.54, 1.807) is 6.92 Å². The van der Waals surface area contributed by atoms with Gasteiger partial charge in [-0.25, -0.2) is 8.78 Å². The van der Waals surface area contributed by atoms with E-state index in [0.29, 0.717) is 6.54 Å². The molecule has 0 aliphatic carbocycles. The van der Waals surface area contributed by atoms with Crippen molar-refractivity contribution in [3.8, 4) is 0 Å². The molecule has 0 aliphatic heterocycles. The van der Waals surface area contributed by atoms with Gasteiger partial charge < -0.3 is 5.32 Å². The lowest BCUT2D eigenvalue weighted by Gasteiger charge is -2.01. The van der Waals surface area contributed by atoms with Gasteiger partial charge in [-0.15, -0.1) is 0 Å².